The highest BCUT2D eigenvalue weighted by Crippen LogP contribution is 2.35. The molecule has 0 bridgehead atoms. The Hall–Kier alpha value is -5.35. The molecule has 0 aliphatic carbocycles. The first-order valence-electron chi connectivity index (χ1n) is 14.1. The zero-order valence-corrected chi connectivity index (χ0v) is 26.0. The number of rotatable bonds is 12. The third-order valence-electron chi connectivity index (χ3n) is 7.11. The molecule has 9 nitrogen and oxygen atoms in total. The highest BCUT2D eigenvalue weighted by molar-refractivity contribution is 7.92. The molecule has 0 fully saturated rings. The van der Waals surface area contributed by atoms with Crippen LogP contribution < -0.4 is 23.9 Å². The first-order valence-corrected chi connectivity index (χ1v) is 15.6. The second kappa shape index (κ2) is 14.0. The molecule has 0 aliphatic rings. The zero-order chi connectivity index (χ0) is 31.8. The third kappa shape index (κ3) is 7.42. The van der Waals surface area contributed by atoms with Gasteiger partial charge in [0.05, 0.1) is 31.0 Å². The molecule has 230 valence electrons. The maximum atomic E-state index is 13.7. The Morgan fingerprint density at radius 3 is 2.29 bits per heavy atom. The molecule has 0 unspecified atom stereocenters. The maximum Gasteiger partial charge on any atom is 0.264 e. The summed E-state index contributed by atoms with van der Waals surface area (Å²) in [6.45, 7) is 1.74. The van der Waals surface area contributed by atoms with E-state index in [0.29, 0.717) is 23.7 Å². The number of hydrazone groups is 1. The molecule has 1 amide bonds. The fourth-order valence-electron chi connectivity index (χ4n) is 4.70. The van der Waals surface area contributed by atoms with Gasteiger partial charge in [-0.15, -0.1) is 0 Å². The smallest absolute Gasteiger partial charge is 0.264 e. The van der Waals surface area contributed by atoms with Gasteiger partial charge in [0.25, 0.3) is 15.9 Å². The Labute approximate surface area is 262 Å². The number of hydrogen-bond acceptors (Lipinski definition) is 7. The van der Waals surface area contributed by atoms with Gasteiger partial charge in [0.1, 0.15) is 30.4 Å². The van der Waals surface area contributed by atoms with E-state index in [2.05, 4.69) is 28.7 Å². The molecule has 0 heterocycles. The predicted molar refractivity (Wildman–Crippen MR) is 176 cm³/mol. The number of amides is 1. The van der Waals surface area contributed by atoms with Crippen molar-refractivity contribution < 1.29 is 27.4 Å². The lowest BCUT2D eigenvalue weighted by Crippen LogP contribution is -2.39. The number of methoxy groups -OCH3 is 2. The summed E-state index contributed by atoms with van der Waals surface area (Å²) in [6, 6.07) is 32.6. The third-order valence-corrected chi connectivity index (χ3v) is 8.88. The zero-order valence-electron chi connectivity index (χ0n) is 25.1. The number of sulfonamides is 1. The number of nitrogens with one attached hydrogen (secondary N) is 1. The van der Waals surface area contributed by atoms with Crippen molar-refractivity contribution in [3.63, 3.8) is 0 Å². The van der Waals surface area contributed by atoms with Gasteiger partial charge in [-0.2, -0.15) is 5.10 Å². The van der Waals surface area contributed by atoms with Crippen molar-refractivity contribution in [2.75, 3.05) is 25.1 Å². The number of benzene rings is 5. The molecule has 10 heteroatoms. The van der Waals surface area contributed by atoms with Gasteiger partial charge >= 0.3 is 0 Å². The quantitative estimate of drug-likeness (QED) is 0.133. The molecule has 0 radical (unpaired) electrons. The van der Waals surface area contributed by atoms with Crippen molar-refractivity contribution in [1.82, 2.24) is 5.43 Å². The van der Waals surface area contributed by atoms with E-state index in [4.69, 9.17) is 14.2 Å². The minimum Gasteiger partial charge on any atom is -0.497 e. The van der Waals surface area contributed by atoms with Gasteiger partial charge in [0, 0.05) is 6.07 Å². The average Bonchev–Trinajstić information content (AvgIpc) is 3.06. The largest absolute Gasteiger partial charge is 0.497 e. The van der Waals surface area contributed by atoms with Crippen LogP contribution in [0.4, 0.5) is 5.69 Å². The van der Waals surface area contributed by atoms with E-state index in [1.54, 1.807) is 24.3 Å². The number of anilines is 1. The lowest BCUT2D eigenvalue weighted by atomic mass is 10.1. The SMILES string of the molecule is COc1ccc(N(CC(=O)N/N=C\c2ccc(OCc3cccc4ccccc34)cc2)S(=O)(=O)c2ccc(C)cc2)c(OC)c1. The van der Waals surface area contributed by atoms with Crippen molar-refractivity contribution >= 4 is 38.6 Å². The molecule has 0 atom stereocenters. The maximum absolute atomic E-state index is 13.7. The molecule has 5 rings (SSSR count). The fourth-order valence-corrected chi connectivity index (χ4v) is 6.13. The van der Waals surface area contributed by atoms with Gasteiger partial charge in [-0.25, -0.2) is 13.8 Å². The standard InChI is InChI=1S/C35H33N3O6S/c1-25-11-18-31(19-12-25)45(40,41)38(33-20-17-30(42-2)21-34(33)43-3)23-35(39)37-36-22-26-13-15-29(16-14-26)44-24-28-9-6-8-27-7-4-5-10-32(27)28/h4-22H,23-24H2,1-3H3,(H,37,39)/b36-22-. The summed E-state index contributed by atoms with van der Waals surface area (Å²) in [5, 5.41) is 6.35. The van der Waals surface area contributed by atoms with Gasteiger partial charge in [0.2, 0.25) is 0 Å². The van der Waals surface area contributed by atoms with Crippen molar-refractivity contribution in [3.05, 3.63) is 126 Å². The summed E-state index contributed by atoms with van der Waals surface area (Å²) in [6.07, 6.45) is 1.47. The fraction of sp³-hybridized carbons (Fsp3) is 0.143. The van der Waals surface area contributed by atoms with Gasteiger partial charge in [-0.3, -0.25) is 9.10 Å². The van der Waals surface area contributed by atoms with E-state index in [1.165, 1.54) is 38.6 Å². The Bertz CT molecular complexity index is 1920. The number of carbonyl (C=O) groups excluding carboxylic acids is 1. The van der Waals surface area contributed by atoms with Crippen LogP contribution in [0, 0.1) is 6.92 Å². The minimum atomic E-state index is -4.15. The van der Waals surface area contributed by atoms with Crippen LogP contribution in [0.3, 0.4) is 0 Å². The lowest BCUT2D eigenvalue weighted by molar-refractivity contribution is -0.119. The van der Waals surface area contributed by atoms with E-state index < -0.39 is 22.5 Å². The van der Waals surface area contributed by atoms with E-state index in [0.717, 1.165) is 26.2 Å². The number of ether oxygens (including phenoxy) is 3. The van der Waals surface area contributed by atoms with Crippen molar-refractivity contribution in [2.24, 2.45) is 5.10 Å². The van der Waals surface area contributed by atoms with Crippen LogP contribution in [-0.4, -0.2) is 41.3 Å². The van der Waals surface area contributed by atoms with Gasteiger partial charge in [0.15, 0.2) is 0 Å². The molecular formula is C35H33N3O6S. The summed E-state index contributed by atoms with van der Waals surface area (Å²) in [7, 11) is -1.24. The second-order valence-electron chi connectivity index (χ2n) is 10.2. The second-order valence-corrected chi connectivity index (χ2v) is 12.0. The first-order chi connectivity index (χ1) is 21.8. The topological polar surface area (TPSA) is 107 Å². The van der Waals surface area contributed by atoms with Crippen LogP contribution in [0.1, 0.15) is 16.7 Å². The summed E-state index contributed by atoms with van der Waals surface area (Å²) in [5.74, 6) is 0.746. The van der Waals surface area contributed by atoms with Crippen LogP contribution in [0.5, 0.6) is 17.2 Å². The highest BCUT2D eigenvalue weighted by atomic mass is 32.2. The van der Waals surface area contributed by atoms with Crippen molar-refractivity contribution in [3.8, 4) is 17.2 Å². The Morgan fingerprint density at radius 2 is 1.56 bits per heavy atom. The summed E-state index contributed by atoms with van der Waals surface area (Å²) in [4.78, 5) is 13.1. The van der Waals surface area contributed by atoms with Crippen LogP contribution in [0.15, 0.2) is 119 Å². The first kappa shape index (κ1) is 31.1. The minimum absolute atomic E-state index is 0.0324. The van der Waals surface area contributed by atoms with E-state index in [9.17, 15) is 13.2 Å². The number of nitrogens with zero attached hydrogens (tertiary/aromatic N) is 2. The number of fused-ring (bicyclic) bond motifs is 1. The Kier molecular flexibility index (Phi) is 9.64. The number of hydrogen-bond donors (Lipinski definition) is 1. The molecule has 5 aromatic rings. The molecule has 0 saturated carbocycles. The number of aryl methyl sites for hydroxylation is 1. The molecule has 0 saturated heterocycles. The summed E-state index contributed by atoms with van der Waals surface area (Å²) in [5.41, 5.74) is 5.32. The summed E-state index contributed by atoms with van der Waals surface area (Å²) >= 11 is 0. The molecule has 0 aromatic heterocycles. The van der Waals surface area contributed by atoms with E-state index >= 15 is 0 Å². The molecule has 5 aromatic carbocycles. The van der Waals surface area contributed by atoms with Crippen LogP contribution >= 0.6 is 0 Å². The molecule has 45 heavy (non-hydrogen) atoms. The van der Waals surface area contributed by atoms with Gasteiger partial charge in [-0.1, -0.05) is 60.2 Å². The summed E-state index contributed by atoms with van der Waals surface area (Å²) < 4.78 is 45.2. The Morgan fingerprint density at radius 1 is 0.844 bits per heavy atom. The van der Waals surface area contributed by atoms with Gasteiger partial charge in [-0.05, 0) is 77.4 Å². The van der Waals surface area contributed by atoms with E-state index in [-0.39, 0.29) is 16.3 Å². The van der Waals surface area contributed by atoms with Crippen LogP contribution in [0.25, 0.3) is 10.8 Å². The van der Waals surface area contributed by atoms with E-state index in [1.807, 2.05) is 55.5 Å². The van der Waals surface area contributed by atoms with Crippen LogP contribution in [0.2, 0.25) is 0 Å². The van der Waals surface area contributed by atoms with Crippen molar-refractivity contribution in [1.29, 1.82) is 0 Å². The molecule has 1 N–H and O–H groups in total. The average molecular weight is 624 g/mol. The Balaban J connectivity index is 1.27. The number of carbonyl (C=O) groups is 1. The lowest BCUT2D eigenvalue weighted by Gasteiger charge is -2.25. The van der Waals surface area contributed by atoms with Crippen LogP contribution in [-0.2, 0) is 21.4 Å². The monoisotopic (exact) mass is 623 g/mol. The predicted octanol–water partition coefficient (Wildman–Crippen LogP) is 6.09. The van der Waals surface area contributed by atoms with Crippen molar-refractivity contribution in [2.45, 2.75) is 18.4 Å². The molecule has 0 spiro atoms. The molecular weight excluding hydrogens is 590 g/mol. The highest BCUT2D eigenvalue weighted by Gasteiger charge is 2.29. The normalized spacial score (nSPS) is 11.4. The molecule has 0 aliphatic heterocycles. The van der Waals surface area contributed by atoms with Gasteiger partial charge < -0.3 is 14.2 Å².